The normalized spacial score (nSPS) is 10.6. The zero-order valence-electron chi connectivity index (χ0n) is 12.1. The summed E-state index contributed by atoms with van der Waals surface area (Å²) in [7, 11) is 1.82. The van der Waals surface area contributed by atoms with Crippen LogP contribution in [0, 0.1) is 6.92 Å². The Morgan fingerprint density at radius 3 is 2.62 bits per heavy atom. The topological polar surface area (TPSA) is 62.7 Å². The Bertz CT molecular complexity index is 769. The predicted molar refractivity (Wildman–Crippen MR) is 85.4 cm³/mol. The number of benzene rings is 1. The average molecular weight is 279 g/mol. The summed E-state index contributed by atoms with van der Waals surface area (Å²) in [5.74, 6) is 1.42. The van der Waals surface area contributed by atoms with Crippen LogP contribution in [0.1, 0.15) is 11.4 Å². The third-order valence-corrected chi connectivity index (χ3v) is 3.21. The summed E-state index contributed by atoms with van der Waals surface area (Å²) >= 11 is 0. The lowest BCUT2D eigenvalue weighted by molar-refractivity contribution is 1.00. The smallest absolute Gasteiger partial charge is 0.224 e. The van der Waals surface area contributed by atoms with E-state index in [0.717, 1.165) is 28.1 Å². The number of pyridine rings is 1. The largest absolute Gasteiger partial charge is 0.364 e. The number of fused-ring (bicyclic) bond motifs is 1. The fraction of sp³-hybridized carbons (Fsp3) is 0.188. The van der Waals surface area contributed by atoms with Crippen LogP contribution < -0.4 is 10.6 Å². The minimum absolute atomic E-state index is 0.605. The molecule has 21 heavy (non-hydrogen) atoms. The van der Waals surface area contributed by atoms with Crippen molar-refractivity contribution in [2.75, 3.05) is 17.7 Å². The minimum Gasteiger partial charge on any atom is -0.364 e. The fourth-order valence-electron chi connectivity index (χ4n) is 2.20. The molecule has 0 aliphatic rings. The molecule has 0 saturated heterocycles. The lowest BCUT2D eigenvalue weighted by Crippen LogP contribution is -2.07. The Morgan fingerprint density at radius 1 is 0.952 bits per heavy atom. The molecule has 0 atom stereocenters. The number of hydrogen-bond donors (Lipinski definition) is 2. The van der Waals surface area contributed by atoms with E-state index >= 15 is 0 Å². The first-order valence-corrected chi connectivity index (χ1v) is 6.87. The highest BCUT2D eigenvalue weighted by molar-refractivity contribution is 5.89. The second-order valence-corrected chi connectivity index (χ2v) is 4.79. The van der Waals surface area contributed by atoms with Crippen LogP contribution in [0.4, 0.5) is 11.8 Å². The van der Waals surface area contributed by atoms with Gasteiger partial charge in [0.2, 0.25) is 5.95 Å². The molecule has 0 fully saturated rings. The summed E-state index contributed by atoms with van der Waals surface area (Å²) in [6.45, 7) is 2.62. The number of rotatable bonds is 4. The molecule has 2 heterocycles. The summed E-state index contributed by atoms with van der Waals surface area (Å²) in [5.41, 5.74) is 2.91. The molecule has 0 aliphatic heterocycles. The molecule has 0 aliphatic carbocycles. The molecule has 0 saturated carbocycles. The van der Waals surface area contributed by atoms with Crippen molar-refractivity contribution in [3.8, 4) is 0 Å². The summed E-state index contributed by atoms with van der Waals surface area (Å²) in [6.07, 6.45) is 0. The van der Waals surface area contributed by atoms with Gasteiger partial charge in [-0.15, -0.1) is 0 Å². The molecule has 2 N–H and O–H groups in total. The van der Waals surface area contributed by atoms with E-state index in [1.54, 1.807) is 0 Å². The third-order valence-electron chi connectivity index (χ3n) is 3.21. The molecular formula is C16H17N5. The summed E-state index contributed by atoms with van der Waals surface area (Å²) in [6, 6.07) is 14.0. The van der Waals surface area contributed by atoms with Gasteiger partial charge < -0.3 is 10.6 Å². The van der Waals surface area contributed by atoms with Crippen molar-refractivity contribution < 1.29 is 0 Å². The maximum absolute atomic E-state index is 4.50. The molecule has 2 aromatic heterocycles. The SMILES string of the molecule is CNc1nc(NCc2cccc(C)n2)c2ccccc2n1. The lowest BCUT2D eigenvalue weighted by Gasteiger charge is -2.10. The van der Waals surface area contributed by atoms with Gasteiger partial charge in [-0.1, -0.05) is 18.2 Å². The first kappa shape index (κ1) is 13.3. The summed E-state index contributed by atoms with van der Waals surface area (Å²) < 4.78 is 0. The number of nitrogens with one attached hydrogen (secondary N) is 2. The maximum atomic E-state index is 4.50. The molecular weight excluding hydrogens is 262 g/mol. The van der Waals surface area contributed by atoms with E-state index in [1.165, 1.54) is 0 Å². The molecule has 0 amide bonds. The minimum atomic E-state index is 0.605. The predicted octanol–water partition coefficient (Wildman–Crippen LogP) is 2.99. The van der Waals surface area contributed by atoms with Crippen molar-refractivity contribution in [3.63, 3.8) is 0 Å². The van der Waals surface area contributed by atoms with Gasteiger partial charge >= 0.3 is 0 Å². The lowest BCUT2D eigenvalue weighted by atomic mass is 10.2. The maximum Gasteiger partial charge on any atom is 0.224 e. The van der Waals surface area contributed by atoms with Crippen LogP contribution in [0.3, 0.4) is 0 Å². The van der Waals surface area contributed by atoms with E-state index in [9.17, 15) is 0 Å². The molecule has 5 nitrogen and oxygen atoms in total. The Balaban J connectivity index is 1.92. The van der Waals surface area contributed by atoms with E-state index in [2.05, 4.69) is 25.6 Å². The van der Waals surface area contributed by atoms with Gasteiger partial charge in [0.15, 0.2) is 0 Å². The first-order chi connectivity index (χ1) is 10.3. The van der Waals surface area contributed by atoms with Gasteiger partial charge in [-0.05, 0) is 31.2 Å². The highest BCUT2D eigenvalue weighted by Gasteiger charge is 2.06. The van der Waals surface area contributed by atoms with E-state index in [0.29, 0.717) is 12.5 Å². The van der Waals surface area contributed by atoms with Crippen LogP contribution >= 0.6 is 0 Å². The van der Waals surface area contributed by atoms with Crippen molar-refractivity contribution in [1.82, 2.24) is 15.0 Å². The van der Waals surface area contributed by atoms with Crippen LogP contribution in [0.15, 0.2) is 42.5 Å². The molecule has 0 unspecified atom stereocenters. The highest BCUT2D eigenvalue weighted by Crippen LogP contribution is 2.22. The molecule has 106 valence electrons. The van der Waals surface area contributed by atoms with Crippen molar-refractivity contribution in [2.24, 2.45) is 0 Å². The van der Waals surface area contributed by atoms with Gasteiger partial charge in [0, 0.05) is 18.1 Å². The third kappa shape index (κ3) is 2.91. The first-order valence-electron chi connectivity index (χ1n) is 6.87. The van der Waals surface area contributed by atoms with Crippen LogP contribution in [-0.4, -0.2) is 22.0 Å². The zero-order valence-corrected chi connectivity index (χ0v) is 12.1. The second kappa shape index (κ2) is 5.75. The van der Waals surface area contributed by atoms with Gasteiger partial charge in [-0.2, -0.15) is 4.98 Å². The molecule has 3 aromatic rings. The number of hydrogen-bond acceptors (Lipinski definition) is 5. The number of para-hydroxylation sites is 1. The summed E-state index contributed by atoms with van der Waals surface area (Å²) in [4.78, 5) is 13.4. The van der Waals surface area contributed by atoms with Crippen LogP contribution in [-0.2, 0) is 6.54 Å². The zero-order chi connectivity index (χ0) is 14.7. The van der Waals surface area contributed by atoms with Gasteiger partial charge in [-0.25, -0.2) is 4.98 Å². The van der Waals surface area contributed by atoms with Gasteiger partial charge in [0.05, 0.1) is 17.8 Å². The van der Waals surface area contributed by atoms with Crippen molar-refractivity contribution in [2.45, 2.75) is 13.5 Å². The Labute approximate surface area is 123 Å². The molecule has 3 rings (SSSR count). The van der Waals surface area contributed by atoms with Crippen molar-refractivity contribution in [3.05, 3.63) is 53.9 Å². The molecule has 0 spiro atoms. The van der Waals surface area contributed by atoms with Gasteiger partial charge in [0.1, 0.15) is 5.82 Å². The molecule has 5 heteroatoms. The van der Waals surface area contributed by atoms with Crippen LogP contribution in [0.5, 0.6) is 0 Å². The van der Waals surface area contributed by atoms with Gasteiger partial charge in [-0.3, -0.25) is 4.98 Å². The highest BCUT2D eigenvalue weighted by atomic mass is 15.1. The Kier molecular flexibility index (Phi) is 3.64. The second-order valence-electron chi connectivity index (χ2n) is 4.79. The number of aryl methyl sites for hydroxylation is 1. The molecule has 0 bridgehead atoms. The van der Waals surface area contributed by atoms with E-state index in [-0.39, 0.29) is 0 Å². The average Bonchev–Trinajstić information content (AvgIpc) is 2.52. The fourth-order valence-corrected chi connectivity index (χ4v) is 2.20. The van der Waals surface area contributed by atoms with Crippen molar-refractivity contribution >= 4 is 22.7 Å². The standard InChI is InChI=1S/C16H17N5/c1-11-6-5-7-12(19-11)10-18-15-13-8-3-4-9-14(13)20-16(17-2)21-15/h3-9H,10H2,1-2H3,(H2,17,18,20,21). The van der Waals surface area contributed by atoms with E-state index in [1.807, 2.05) is 56.4 Å². The van der Waals surface area contributed by atoms with E-state index < -0.39 is 0 Å². The molecule has 0 radical (unpaired) electrons. The number of aromatic nitrogens is 3. The number of nitrogens with zero attached hydrogens (tertiary/aromatic N) is 3. The van der Waals surface area contributed by atoms with Crippen LogP contribution in [0.2, 0.25) is 0 Å². The number of anilines is 2. The summed E-state index contributed by atoms with van der Waals surface area (Å²) in [5, 5.41) is 7.35. The van der Waals surface area contributed by atoms with E-state index in [4.69, 9.17) is 0 Å². The Hall–Kier alpha value is -2.69. The van der Waals surface area contributed by atoms with Crippen LogP contribution in [0.25, 0.3) is 10.9 Å². The quantitative estimate of drug-likeness (QED) is 0.768. The van der Waals surface area contributed by atoms with Gasteiger partial charge in [0.25, 0.3) is 0 Å². The van der Waals surface area contributed by atoms with Crippen molar-refractivity contribution in [1.29, 1.82) is 0 Å². The Morgan fingerprint density at radius 2 is 1.81 bits per heavy atom. The monoisotopic (exact) mass is 279 g/mol. The molecule has 1 aromatic carbocycles.